The van der Waals surface area contributed by atoms with E-state index in [1.807, 2.05) is 0 Å². The highest BCUT2D eigenvalue weighted by molar-refractivity contribution is 7.13. The Bertz CT molecular complexity index is 1100. The summed E-state index contributed by atoms with van der Waals surface area (Å²) in [7, 11) is 1.38. The fourth-order valence-corrected chi connectivity index (χ4v) is 5.81. The number of carbonyl (C=O) groups is 1. The summed E-state index contributed by atoms with van der Waals surface area (Å²) >= 11 is 1.21. The maximum atomic E-state index is 13.4. The summed E-state index contributed by atoms with van der Waals surface area (Å²) in [5.74, 6) is -0.688. The summed E-state index contributed by atoms with van der Waals surface area (Å²) in [6.45, 7) is 1.29. The zero-order valence-electron chi connectivity index (χ0n) is 20.1. The number of hydrogen-bond acceptors (Lipinski definition) is 6. The van der Waals surface area contributed by atoms with Gasteiger partial charge >= 0.3 is 6.18 Å². The monoisotopic (exact) mass is 530 g/mol. The van der Waals surface area contributed by atoms with Gasteiger partial charge in [0.05, 0.1) is 5.69 Å². The smallest absolute Gasteiger partial charge is 0.422 e. The minimum Gasteiger partial charge on any atom is -0.460 e. The van der Waals surface area contributed by atoms with Gasteiger partial charge in [0.25, 0.3) is 16.7 Å². The van der Waals surface area contributed by atoms with Crippen molar-refractivity contribution in [1.29, 1.82) is 0 Å². The minimum absolute atomic E-state index is 0.0305. The van der Waals surface area contributed by atoms with Gasteiger partial charge in [-0.1, -0.05) is 11.3 Å². The Hall–Kier alpha value is -2.47. The molecule has 7 nitrogen and oxygen atoms in total. The lowest BCUT2D eigenvalue weighted by atomic mass is 9.84. The molecule has 1 saturated carbocycles. The van der Waals surface area contributed by atoms with Crippen molar-refractivity contribution in [2.75, 3.05) is 26.2 Å². The molecule has 0 bridgehead atoms. The number of amides is 1. The van der Waals surface area contributed by atoms with Crippen LogP contribution in [0.25, 0.3) is 0 Å². The summed E-state index contributed by atoms with van der Waals surface area (Å²) in [5, 5.41) is 3.07. The first-order valence-electron chi connectivity index (χ1n) is 12.2. The van der Waals surface area contributed by atoms with Gasteiger partial charge in [-0.25, -0.2) is 9.37 Å². The van der Waals surface area contributed by atoms with Crippen molar-refractivity contribution in [1.82, 2.24) is 19.8 Å². The number of nitrogens with zero attached hydrogens (tertiary/aromatic N) is 3. The molecule has 0 atom stereocenters. The van der Waals surface area contributed by atoms with E-state index in [0.717, 1.165) is 79.4 Å². The molecule has 3 heterocycles. The molecular weight excluding hydrogens is 500 g/mol. The molecule has 1 amide bonds. The van der Waals surface area contributed by atoms with Crippen LogP contribution in [-0.2, 0) is 19.9 Å². The van der Waals surface area contributed by atoms with Crippen LogP contribution in [0.15, 0.2) is 16.9 Å². The van der Waals surface area contributed by atoms with Gasteiger partial charge in [-0.05, 0) is 63.1 Å². The van der Waals surface area contributed by atoms with Crippen LogP contribution in [0.5, 0.6) is 5.19 Å². The fraction of sp³-hybridized carbons (Fsp3) is 0.625. The highest BCUT2D eigenvalue weighted by Crippen LogP contribution is 2.31. The van der Waals surface area contributed by atoms with Crippen molar-refractivity contribution in [3.8, 4) is 5.19 Å². The van der Waals surface area contributed by atoms with Crippen LogP contribution in [0.1, 0.15) is 53.2 Å². The Labute approximate surface area is 210 Å². The Morgan fingerprint density at radius 3 is 2.64 bits per heavy atom. The number of hydrogen-bond donors (Lipinski definition) is 1. The Morgan fingerprint density at radius 2 is 1.92 bits per heavy atom. The van der Waals surface area contributed by atoms with E-state index in [0.29, 0.717) is 12.3 Å². The number of fused-ring (bicyclic) bond motifs is 1. The second kappa shape index (κ2) is 11.3. The number of carbonyl (C=O) groups excluding carboxylic acids is 1. The molecule has 0 spiro atoms. The van der Waals surface area contributed by atoms with Gasteiger partial charge < -0.3 is 19.5 Å². The van der Waals surface area contributed by atoms with Crippen LogP contribution in [-0.4, -0.2) is 58.8 Å². The predicted molar refractivity (Wildman–Crippen MR) is 127 cm³/mol. The van der Waals surface area contributed by atoms with Crippen LogP contribution in [0.3, 0.4) is 0 Å². The highest BCUT2D eigenvalue weighted by atomic mass is 32.1. The largest absolute Gasteiger partial charge is 0.460 e. The second-order valence-corrected chi connectivity index (χ2v) is 10.6. The third-order valence-corrected chi connectivity index (χ3v) is 8.03. The van der Waals surface area contributed by atoms with E-state index < -0.39 is 24.2 Å². The van der Waals surface area contributed by atoms with Crippen LogP contribution in [0, 0.1) is 11.7 Å². The molecule has 198 valence electrons. The fourth-order valence-electron chi connectivity index (χ4n) is 4.87. The number of alkyl halides is 3. The van der Waals surface area contributed by atoms with E-state index in [9.17, 15) is 27.2 Å². The van der Waals surface area contributed by atoms with Gasteiger partial charge in [0.15, 0.2) is 12.4 Å². The molecule has 0 aromatic carbocycles. The Kier molecular flexibility index (Phi) is 8.34. The summed E-state index contributed by atoms with van der Waals surface area (Å²) in [6.07, 6.45) is 1.84. The number of pyridine rings is 1. The molecule has 1 fully saturated rings. The molecule has 2 aromatic rings. The van der Waals surface area contributed by atoms with Gasteiger partial charge in [0, 0.05) is 37.5 Å². The molecule has 36 heavy (non-hydrogen) atoms. The average Bonchev–Trinajstić information content (AvgIpc) is 3.13. The molecule has 4 rings (SSSR count). The average molecular weight is 531 g/mol. The van der Waals surface area contributed by atoms with Crippen LogP contribution < -0.4 is 15.6 Å². The SMILES string of the molecule is Cn1c(C(=O)NC2CCC(CCN3CCc4nc(OCC(F)(F)F)sc4CC3)CC2)ccc(F)c1=O. The lowest BCUT2D eigenvalue weighted by molar-refractivity contribution is -0.153. The minimum atomic E-state index is -4.37. The normalized spacial score (nSPS) is 21.0. The van der Waals surface area contributed by atoms with Gasteiger partial charge in [0.1, 0.15) is 5.69 Å². The molecule has 1 aliphatic heterocycles. The molecule has 1 N–H and O–H groups in total. The Balaban J connectivity index is 1.18. The summed E-state index contributed by atoms with van der Waals surface area (Å²) in [5.41, 5.74) is 0.169. The lowest BCUT2D eigenvalue weighted by Gasteiger charge is -2.31. The van der Waals surface area contributed by atoms with E-state index in [1.54, 1.807) is 0 Å². The third kappa shape index (κ3) is 6.84. The van der Waals surface area contributed by atoms with Crippen molar-refractivity contribution in [3.63, 3.8) is 0 Å². The number of aromatic nitrogens is 2. The molecular formula is C24H30F4N4O3S. The summed E-state index contributed by atoms with van der Waals surface area (Å²) in [6, 6.07) is 2.37. The van der Waals surface area contributed by atoms with Crippen molar-refractivity contribution in [2.45, 2.75) is 57.2 Å². The maximum absolute atomic E-state index is 13.4. The van der Waals surface area contributed by atoms with Crippen LogP contribution >= 0.6 is 11.3 Å². The number of halogens is 4. The van der Waals surface area contributed by atoms with Gasteiger partial charge in [-0.15, -0.1) is 0 Å². The number of thiazole rings is 1. The van der Waals surface area contributed by atoms with E-state index in [4.69, 9.17) is 4.74 Å². The van der Waals surface area contributed by atoms with E-state index in [-0.39, 0.29) is 22.8 Å². The molecule has 0 radical (unpaired) electrons. The van der Waals surface area contributed by atoms with Gasteiger partial charge in [-0.3, -0.25) is 9.59 Å². The molecule has 2 aliphatic rings. The number of nitrogens with one attached hydrogen (secondary N) is 1. The summed E-state index contributed by atoms with van der Waals surface area (Å²) < 4.78 is 56.3. The molecule has 0 unspecified atom stereocenters. The molecule has 1 aliphatic carbocycles. The number of rotatable bonds is 7. The first kappa shape index (κ1) is 26.6. The van der Waals surface area contributed by atoms with E-state index in [2.05, 4.69) is 15.2 Å². The lowest BCUT2D eigenvalue weighted by Crippen LogP contribution is -2.40. The van der Waals surface area contributed by atoms with E-state index >= 15 is 0 Å². The van der Waals surface area contributed by atoms with Crippen molar-refractivity contribution in [2.24, 2.45) is 13.0 Å². The maximum Gasteiger partial charge on any atom is 0.422 e. The predicted octanol–water partition coefficient (Wildman–Crippen LogP) is 3.70. The van der Waals surface area contributed by atoms with Crippen molar-refractivity contribution in [3.05, 3.63) is 44.6 Å². The van der Waals surface area contributed by atoms with E-state index in [1.165, 1.54) is 24.5 Å². The zero-order chi connectivity index (χ0) is 25.9. The topological polar surface area (TPSA) is 76.5 Å². The molecule has 0 saturated heterocycles. The van der Waals surface area contributed by atoms with Crippen LogP contribution in [0.4, 0.5) is 17.6 Å². The standard InChI is InChI=1S/C24H30F4N4O3S/c1-31-19(7-6-17(25)22(31)34)21(33)29-16-4-2-15(3-5-16)8-11-32-12-9-18-20(10-13-32)36-23(30-18)35-14-24(26,27)28/h6-7,15-16H,2-5,8-14H2,1H3,(H,29,33). The third-order valence-electron chi connectivity index (χ3n) is 6.96. The second-order valence-electron chi connectivity index (χ2n) is 9.51. The summed E-state index contributed by atoms with van der Waals surface area (Å²) in [4.78, 5) is 31.9. The van der Waals surface area contributed by atoms with Crippen molar-refractivity contribution >= 4 is 17.2 Å². The first-order chi connectivity index (χ1) is 17.1. The first-order valence-corrected chi connectivity index (χ1v) is 13.0. The highest BCUT2D eigenvalue weighted by Gasteiger charge is 2.30. The van der Waals surface area contributed by atoms with Gasteiger partial charge in [0.2, 0.25) is 0 Å². The van der Waals surface area contributed by atoms with Gasteiger partial charge in [-0.2, -0.15) is 13.2 Å². The molecule has 12 heteroatoms. The van der Waals surface area contributed by atoms with Crippen molar-refractivity contribution < 1.29 is 27.1 Å². The number of ether oxygens (including phenoxy) is 1. The quantitative estimate of drug-likeness (QED) is 0.553. The molecule has 2 aromatic heterocycles. The zero-order valence-corrected chi connectivity index (χ0v) is 20.9. The Morgan fingerprint density at radius 1 is 1.19 bits per heavy atom. The van der Waals surface area contributed by atoms with Crippen LogP contribution in [0.2, 0.25) is 0 Å².